The number of ether oxygens (including phenoxy) is 1. The van der Waals surface area contributed by atoms with Crippen molar-refractivity contribution in [3.05, 3.63) is 47.3 Å². The molecular formula is C13H14N2O2. The van der Waals surface area contributed by atoms with Gasteiger partial charge in [0.05, 0.1) is 11.3 Å². The zero-order valence-electron chi connectivity index (χ0n) is 10.1. The standard InChI is InChI=1S/C13H14N2O2/c1-9-12(10(2)15(3)14-9)17-13(16)11-7-5-4-6-8-11/h4-8H,1-3H3. The molecule has 4 nitrogen and oxygen atoms in total. The van der Waals surface area contributed by atoms with E-state index in [1.54, 1.807) is 28.9 Å². The summed E-state index contributed by atoms with van der Waals surface area (Å²) in [5, 5.41) is 4.20. The number of nitrogens with zero attached hydrogens (tertiary/aromatic N) is 2. The van der Waals surface area contributed by atoms with E-state index in [1.807, 2.05) is 27.0 Å². The van der Waals surface area contributed by atoms with Gasteiger partial charge in [-0.2, -0.15) is 5.10 Å². The minimum Gasteiger partial charge on any atom is -0.419 e. The van der Waals surface area contributed by atoms with Gasteiger partial charge in [-0.15, -0.1) is 0 Å². The summed E-state index contributed by atoms with van der Waals surface area (Å²) in [5.41, 5.74) is 2.09. The van der Waals surface area contributed by atoms with Gasteiger partial charge in [0.1, 0.15) is 5.69 Å². The first-order valence-corrected chi connectivity index (χ1v) is 5.37. The molecule has 1 aromatic heterocycles. The van der Waals surface area contributed by atoms with Gasteiger partial charge in [0.2, 0.25) is 0 Å². The summed E-state index contributed by atoms with van der Waals surface area (Å²) >= 11 is 0. The molecule has 0 aliphatic rings. The summed E-state index contributed by atoms with van der Waals surface area (Å²) in [6.07, 6.45) is 0. The Morgan fingerprint density at radius 1 is 1.24 bits per heavy atom. The number of esters is 1. The predicted octanol–water partition coefficient (Wildman–Crippen LogP) is 2.26. The second kappa shape index (κ2) is 4.41. The minimum absolute atomic E-state index is 0.357. The van der Waals surface area contributed by atoms with E-state index >= 15 is 0 Å². The van der Waals surface area contributed by atoms with Crippen LogP contribution in [0.25, 0.3) is 0 Å². The summed E-state index contributed by atoms with van der Waals surface area (Å²) < 4.78 is 7.06. The largest absolute Gasteiger partial charge is 0.419 e. The van der Waals surface area contributed by atoms with Crippen molar-refractivity contribution < 1.29 is 9.53 Å². The molecule has 0 unspecified atom stereocenters. The Labute approximate surface area is 99.8 Å². The fraction of sp³-hybridized carbons (Fsp3) is 0.231. The van der Waals surface area contributed by atoms with Gasteiger partial charge in [-0.25, -0.2) is 4.79 Å². The second-order valence-corrected chi connectivity index (χ2v) is 3.88. The van der Waals surface area contributed by atoms with E-state index in [1.165, 1.54) is 0 Å². The summed E-state index contributed by atoms with van der Waals surface area (Å²) in [6.45, 7) is 3.69. The molecule has 0 saturated heterocycles. The van der Waals surface area contributed by atoms with E-state index in [-0.39, 0.29) is 5.97 Å². The van der Waals surface area contributed by atoms with Crippen molar-refractivity contribution in [1.82, 2.24) is 9.78 Å². The van der Waals surface area contributed by atoms with Crippen LogP contribution in [0.2, 0.25) is 0 Å². The smallest absolute Gasteiger partial charge is 0.343 e. The quantitative estimate of drug-likeness (QED) is 0.743. The average Bonchev–Trinajstić information content (AvgIpc) is 2.57. The Morgan fingerprint density at radius 2 is 1.88 bits per heavy atom. The summed E-state index contributed by atoms with van der Waals surface area (Å²) in [4.78, 5) is 11.9. The molecule has 0 aliphatic heterocycles. The molecule has 0 aliphatic carbocycles. The van der Waals surface area contributed by atoms with Gasteiger partial charge in [0.25, 0.3) is 0 Å². The Bertz CT molecular complexity index is 544. The molecule has 0 atom stereocenters. The van der Waals surface area contributed by atoms with Crippen LogP contribution in [0.4, 0.5) is 0 Å². The van der Waals surface area contributed by atoms with Gasteiger partial charge < -0.3 is 4.74 Å². The molecular weight excluding hydrogens is 216 g/mol. The fourth-order valence-corrected chi connectivity index (χ4v) is 1.63. The lowest BCUT2D eigenvalue weighted by Gasteiger charge is -2.04. The Balaban J connectivity index is 2.25. The minimum atomic E-state index is -0.357. The van der Waals surface area contributed by atoms with Crippen molar-refractivity contribution >= 4 is 5.97 Å². The highest BCUT2D eigenvalue weighted by Crippen LogP contribution is 2.22. The highest BCUT2D eigenvalue weighted by Gasteiger charge is 2.15. The zero-order chi connectivity index (χ0) is 12.4. The Morgan fingerprint density at radius 3 is 2.41 bits per heavy atom. The van der Waals surface area contributed by atoms with Crippen LogP contribution >= 0.6 is 0 Å². The summed E-state index contributed by atoms with van der Waals surface area (Å²) in [7, 11) is 1.82. The molecule has 0 fully saturated rings. The zero-order valence-corrected chi connectivity index (χ0v) is 10.1. The highest BCUT2D eigenvalue weighted by atomic mass is 16.5. The van der Waals surface area contributed by atoms with Crippen molar-refractivity contribution in [1.29, 1.82) is 0 Å². The maximum atomic E-state index is 11.9. The molecule has 88 valence electrons. The molecule has 0 spiro atoms. The Hall–Kier alpha value is -2.10. The maximum absolute atomic E-state index is 11.9. The Kier molecular flexibility index (Phi) is 2.95. The van der Waals surface area contributed by atoms with Crippen LogP contribution in [0, 0.1) is 13.8 Å². The van der Waals surface area contributed by atoms with Crippen LogP contribution in [0.3, 0.4) is 0 Å². The number of benzene rings is 1. The van der Waals surface area contributed by atoms with Crippen molar-refractivity contribution in [2.24, 2.45) is 7.05 Å². The third kappa shape index (κ3) is 2.20. The van der Waals surface area contributed by atoms with Crippen LogP contribution in [-0.2, 0) is 7.05 Å². The number of aryl methyl sites for hydroxylation is 2. The molecule has 2 rings (SSSR count). The van der Waals surface area contributed by atoms with Gasteiger partial charge in [0.15, 0.2) is 5.75 Å². The van der Waals surface area contributed by atoms with Gasteiger partial charge in [0, 0.05) is 7.05 Å². The third-order valence-corrected chi connectivity index (χ3v) is 2.65. The first-order valence-electron chi connectivity index (χ1n) is 5.37. The number of hydrogen-bond donors (Lipinski definition) is 0. The number of aromatic nitrogens is 2. The molecule has 0 amide bonds. The van der Waals surface area contributed by atoms with Gasteiger partial charge in [-0.05, 0) is 26.0 Å². The average molecular weight is 230 g/mol. The molecule has 17 heavy (non-hydrogen) atoms. The van der Waals surface area contributed by atoms with E-state index in [0.29, 0.717) is 17.0 Å². The fourth-order valence-electron chi connectivity index (χ4n) is 1.63. The van der Waals surface area contributed by atoms with E-state index in [9.17, 15) is 4.79 Å². The van der Waals surface area contributed by atoms with Crippen molar-refractivity contribution in [2.75, 3.05) is 0 Å². The lowest BCUT2D eigenvalue weighted by atomic mass is 10.2. The predicted molar refractivity (Wildman–Crippen MR) is 64.1 cm³/mol. The SMILES string of the molecule is Cc1nn(C)c(C)c1OC(=O)c1ccccc1. The van der Waals surface area contributed by atoms with Crippen LogP contribution in [0.1, 0.15) is 21.7 Å². The van der Waals surface area contributed by atoms with Gasteiger partial charge in [-0.3, -0.25) is 4.68 Å². The molecule has 0 bridgehead atoms. The van der Waals surface area contributed by atoms with Crippen LogP contribution in [-0.4, -0.2) is 15.7 Å². The normalized spacial score (nSPS) is 10.3. The van der Waals surface area contributed by atoms with Crippen molar-refractivity contribution in [3.8, 4) is 5.75 Å². The number of carbonyl (C=O) groups is 1. The number of carbonyl (C=O) groups excluding carboxylic acids is 1. The van der Waals surface area contributed by atoms with Crippen LogP contribution in [0.15, 0.2) is 30.3 Å². The monoisotopic (exact) mass is 230 g/mol. The van der Waals surface area contributed by atoms with E-state index in [2.05, 4.69) is 5.10 Å². The number of hydrogen-bond acceptors (Lipinski definition) is 3. The van der Waals surface area contributed by atoms with Gasteiger partial charge >= 0.3 is 5.97 Å². The lowest BCUT2D eigenvalue weighted by Crippen LogP contribution is -2.09. The molecule has 0 radical (unpaired) electrons. The lowest BCUT2D eigenvalue weighted by molar-refractivity contribution is 0.0732. The van der Waals surface area contributed by atoms with Crippen molar-refractivity contribution in [3.63, 3.8) is 0 Å². The van der Waals surface area contributed by atoms with E-state index in [4.69, 9.17) is 4.74 Å². The van der Waals surface area contributed by atoms with Crippen LogP contribution < -0.4 is 4.74 Å². The third-order valence-electron chi connectivity index (χ3n) is 2.65. The summed E-state index contributed by atoms with van der Waals surface area (Å²) in [6, 6.07) is 8.92. The van der Waals surface area contributed by atoms with Crippen LogP contribution in [0.5, 0.6) is 5.75 Å². The topological polar surface area (TPSA) is 44.1 Å². The first kappa shape index (κ1) is 11.4. The van der Waals surface area contributed by atoms with Crippen molar-refractivity contribution in [2.45, 2.75) is 13.8 Å². The van der Waals surface area contributed by atoms with E-state index < -0.39 is 0 Å². The van der Waals surface area contributed by atoms with E-state index in [0.717, 1.165) is 5.69 Å². The molecule has 0 N–H and O–H groups in total. The van der Waals surface area contributed by atoms with Gasteiger partial charge in [-0.1, -0.05) is 18.2 Å². The summed E-state index contributed by atoms with van der Waals surface area (Å²) in [5.74, 6) is 0.186. The molecule has 4 heteroatoms. The highest BCUT2D eigenvalue weighted by molar-refractivity contribution is 5.91. The maximum Gasteiger partial charge on any atom is 0.343 e. The first-order chi connectivity index (χ1) is 8.09. The molecule has 0 saturated carbocycles. The molecule has 1 heterocycles. The molecule has 2 aromatic rings. The number of rotatable bonds is 2. The molecule has 1 aromatic carbocycles. The second-order valence-electron chi connectivity index (χ2n) is 3.88.